The molecule has 0 spiro atoms. The minimum atomic E-state index is -0.0207. The molecule has 1 amide bonds. The summed E-state index contributed by atoms with van der Waals surface area (Å²) < 4.78 is 5.20. The van der Waals surface area contributed by atoms with Crippen LogP contribution in [0.2, 0.25) is 0 Å². The van der Waals surface area contributed by atoms with Gasteiger partial charge >= 0.3 is 0 Å². The zero-order valence-electron chi connectivity index (χ0n) is 14.9. The number of ether oxygens (including phenoxy) is 1. The largest absolute Gasteiger partial charge is 0.497 e. The third-order valence-corrected chi connectivity index (χ3v) is 4.91. The second-order valence-electron chi connectivity index (χ2n) is 6.73. The van der Waals surface area contributed by atoms with E-state index in [-0.39, 0.29) is 11.9 Å². The van der Waals surface area contributed by atoms with Crippen molar-refractivity contribution in [2.24, 2.45) is 0 Å². The van der Waals surface area contributed by atoms with Crippen LogP contribution in [0.4, 0.5) is 0 Å². The number of benzene rings is 2. The van der Waals surface area contributed by atoms with Crippen molar-refractivity contribution in [2.45, 2.75) is 38.4 Å². The van der Waals surface area contributed by atoms with E-state index in [1.807, 2.05) is 24.3 Å². The van der Waals surface area contributed by atoms with E-state index in [0.717, 1.165) is 25.9 Å². The van der Waals surface area contributed by atoms with Gasteiger partial charge in [0.2, 0.25) is 0 Å². The van der Waals surface area contributed by atoms with Gasteiger partial charge in [0, 0.05) is 30.7 Å². The van der Waals surface area contributed by atoms with Crippen LogP contribution in [0.3, 0.4) is 0 Å². The highest BCUT2D eigenvalue weighted by Gasteiger charge is 2.26. The summed E-state index contributed by atoms with van der Waals surface area (Å²) in [5, 5.41) is 3.18. The number of amides is 1. The van der Waals surface area contributed by atoms with Gasteiger partial charge < -0.3 is 10.1 Å². The molecule has 25 heavy (non-hydrogen) atoms. The molecule has 0 saturated carbocycles. The molecule has 132 valence electrons. The van der Waals surface area contributed by atoms with Crippen molar-refractivity contribution < 1.29 is 9.53 Å². The van der Waals surface area contributed by atoms with Gasteiger partial charge in [-0.25, -0.2) is 0 Å². The van der Waals surface area contributed by atoms with Crippen LogP contribution in [0, 0.1) is 0 Å². The standard InChI is InChI=1S/C21H26N2O2/c1-16-13-19(11-12-23(16)15-17-7-4-3-5-8-17)22-21(24)18-9-6-10-20(14-18)25-2/h3-10,14,16,19H,11-13,15H2,1-2H3,(H,22,24). The predicted octanol–water partition coefficient (Wildman–Crippen LogP) is 3.48. The third kappa shape index (κ3) is 4.60. The highest BCUT2D eigenvalue weighted by molar-refractivity contribution is 5.94. The van der Waals surface area contributed by atoms with E-state index in [0.29, 0.717) is 17.4 Å². The first-order valence-electron chi connectivity index (χ1n) is 8.88. The molecule has 0 bridgehead atoms. The number of likely N-dealkylation sites (tertiary alicyclic amines) is 1. The van der Waals surface area contributed by atoms with Crippen LogP contribution >= 0.6 is 0 Å². The number of carbonyl (C=O) groups excluding carboxylic acids is 1. The maximum Gasteiger partial charge on any atom is 0.251 e. The Kier molecular flexibility index (Phi) is 5.71. The zero-order valence-corrected chi connectivity index (χ0v) is 14.9. The van der Waals surface area contributed by atoms with Gasteiger partial charge in [-0.3, -0.25) is 9.69 Å². The molecule has 1 heterocycles. The maximum atomic E-state index is 12.5. The second-order valence-corrected chi connectivity index (χ2v) is 6.73. The molecule has 0 aliphatic carbocycles. The van der Waals surface area contributed by atoms with E-state index in [4.69, 9.17) is 4.74 Å². The number of nitrogens with one attached hydrogen (secondary N) is 1. The molecule has 4 nitrogen and oxygen atoms in total. The van der Waals surface area contributed by atoms with Crippen LogP contribution in [0.15, 0.2) is 54.6 Å². The van der Waals surface area contributed by atoms with Gasteiger partial charge in [0.05, 0.1) is 7.11 Å². The Hall–Kier alpha value is -2.33. The molecule has 2 aromatic carbocycles. The van der Waals surface area contributed by atoms with Crippen molar-refractivity contribution in [1.29, 1.82) is 0 Å². The summed E-state index contributed by atoms with van der Waals surface area (Å²) in [5.41, 5.74) is 1.99. The van der Waals surface area contributed by atoms with Crippen molar-refractivity contribution in [3.05, 3.63) is 65.7 Å². The molecule has 1 aliphatic heterocycles. The van der Waals surface area contributed by atoms with Gasteiger partial charge in [0.1, 0.15) is 5.75 Å². The molecule has 1 aliphatic rings. The van der Waals surface area contributed by atoms with Gasteiger partial charge in [-0.05, 0) is 43.5 Å². The molecule has 4 heteroatoms. The SMILES string of the molecule is COc1cccc(C(=O)NC2CCN(Cc3ccccc3)C(C)C2)c1. The lowest BCUT2D eigenvalue weighted by Gasteiger charge is -2.38. The number of nitrogens with zero attached hydrogens (tertiary/aromatic N) is 1. The second kappa shape index (κ2) is 8.17. The topological polar surface area (TPSA) is 41.6 Å². The van der Waals surface area contributed by atoms with E-state index in [1.54, 1.807) is 13.2 Å². The van der Waals surface area contributed by atoms with E-state index in [2.05, 4.69) is 41.4 Å². The molecule has 2 aromatic rings. The van der Waals surface area contributed by atoms with Gasteiger partial charge in [-0.2, -0.15) is 0 Å². The fourth-order valence-corrected chi connectivity index (χ4v) is 3.44. The predicted molar refractivity (Wildman–Crippen MR) is 99.8 cm³/mol. The van der Waals surface area contributed by atoms with Crippen molar-refractivity contribution in [2.75, 3.05) is 13.7 Å². The molecule has 1 fully saturated rings. The summed E-state index contributed by atoms with van der Waals surface area (Å²) in [6.07, 6.45) is 1.95. The number of hydrogen-bond acceptors (Lipinski definition) is 3. The first-order chi connectivity index (χ1) is 12.2. The molecule has 0 radical (unpaired) electrons. The maximum absolute atomic E-state index is 12.5. The molecule has 2 atom stereocenters. The lowest BCUT2D eigenvalue weighted by atomic mass is 9.97. The van der Waals surface area contributed by atoms with Crippen LogP contribution in [0.25, 0.3) is 0 Å². The smallest absolute Gasteiger partial charge is 0.251 e. The molecule has 2 unspecified atom stereocenters. The summed E-state index contributed by atoms with van der Waals surface area (Å²) in [7, 11) is 1.61. The Morgan fingerprint density at radius 2 is 2.00 bits per heavy atom. The average Bonchev–Trinajstić information content (AvgIpc) is 2.65. The number of hydrogen-bond donors (Lipinski definition) is 1. The molecule has 3 rings (SSSR count). The minimum absolute atomic E-state index is 0.0207. The Balaban J connectivity index is 1.54. The van der Waals surface area contributed by atoms with E-state index < -0.39 is 0 Å². The van der Waals surface area contributed by atoms with Crippen molar-refractivity contribution >= 4 is 5.91 Å². The molecular formula is C21H26N2O2. The fraction of sp³-hybridized carbons (Fsp3) is 0.381. The highest BCUT2D eigenvalue weighted by atomic mass is 16.5. The summed E-state index contributed by atoms with van der Waals surface area (Å²) in [6, 6.07) is 18.5. The summed E-state index contributed by atoms with van der Waals surface area (Å²) >= 11 is 0. The summed E-state index contributed by atoms with van der Waals surface area (Å²) in [4.78, 5) is 15.0. The van der Waals surface area contributed by atoms with Gasteiger partial charge in [-0.1, -0.05) is 36.4 Å². The van der Waals surface area contributed by atoms with Crippen LogP contribution in [-0.4, -0.2) is 36.5 Å². The Bertz CT molecular complexity index is 702. The Morgan fingerprint density at radius 1 is 1.20 bits per heavy atom. The summed E-state index contributed by atoms with van der Waals surface area (Å²) in [5.74, 6) is 0.686. The quantitative estimate of drug-likeness (QED) is 0.907. The molecule has 1 N–H and O–H groups in total. The number of piperidine rings is 1. The first kappa shape index (κ1) is 17.5. The lowest BCUT2D eigenvalue weighted by Crippen LogP contribution is -2.48. The highest BCUT2D eigenvalue weighted by Crippen LogP contribution is 2.21. The van der Waals surface area contributed by atoms with Crippen molar-refractivity contribution in [3.8, 4) is 5.75 Å². The monoisotopic (exact) mass is 338 g/mol. The number of rotatable bonds is 5. The minimum Gasteiger partial charge on any atom is -0.497 e. The zero-order chi connectivity index (χ0) is 17.6. The Morgan fingerprint density at radius 3 is 2.72 bits per heavy atom. The normalized spacial score (nSPS) is 20.9. The van der Waals surface area contributed by atoms with Crippen LogP contribution in [0.5, 0.6) is 5.75 Å². The van der Waals surface area contributed by atoms with E-state index >= 15 is 0 Å². The number of carbonyl (C=O) groups is 1. The van der Waals surface area contributed by atoms with Gasteiger partial charge in [0.15, 0.2) is 0 Å². The van der Waals surface area contributed by atoms with Crippen molar-refractivity contribution in [3.63, 3.8) is 0 Å². The van der Waals surface area contributed by atoms with Crippen molar-refractivity contribution in [1.82, 2.24) is 10.2 Å². The van der Waals surface area contributed by atoms with Crippen LogP contribution < -0.4 is 10.1 Å². The molecule has 1 saturated heterocycles. The van der Waals surface area contributed by atoms with Gasteiger partial charge in [-0.15, -0.1) is 0 Å². The molecular weight excluding hydrogens is 312 g/mol. The number of methoxy groups -OCH3 is 1. The average molecular weight is 338 g/mol. The first-order valence-corrected chi connectivity index (χ1v) is 8.88. The van der Waals surface area contributed by atoms with Crippen LogP contribution in [-0.2, 0) is 6.54 Å². The molecule has 0 aromatic heterocycles. The van der Waals surface area contributed by atoms with E-state index in [9.17, 15) is 4.79 Å². The third-order valence-electron chi connectivity index (χ3n) is 4.91. The lowest BCUT2D eigenvalue weighted by molar-refractivity contribution is 0.0866. The van der Waals surface area contributed by atoms with E-state index in [1.165, 1.54) is 5.56 Å². The van der Waals surface area contributed by atoms with Crippen LogP contribution in [0.1, 0.15) is 35.7 Å². The Labute approximate surface area is 149 Å². The summed E-state index contributed by atoms with van der Waals surface area (Å²) in [6.45, 7) is 4.21. The van der Waals surface area contributed by atoms with Gasteiger partial charge in [0.25, 0.3) is 5.91 Å². The fourth-order valence-electron chi connectivity index (χ4n) is 3.44.